The highest BCUT2D eigenvalue weighted by Gasteiger charge is 2.27. The summed E-state index contributed by atoms with van der Waals surface area (Å²) >= 11 is 3.44. The Hall–Kier alpha value is -0.970. The third-order valence-corrected chi connectivity index (χ3v) is 3.90. The summed E-state index contributed by atoms with van der Waals surface area (Å²) in [6.45, 7) is 2.56. The molecule has 1 aromatic rings. The first kappa shape index (κ1) is 13.5. The third kappa shape index (κ3) is 2.55. The average Bonchev–Trinajstić information content (AvgIpc) is 2.34. The highest BCUT2D eigenvalue weighted by molar-refractivity contribution is 9.09. The molecule has 1 unspecified atom stereocenters. The maximum absolute atomic E-state index is 13.9. The minimum absolute atomic E-state index is 0.200. The second kappa shape index (κ2) is 5.34. The molecule has 0 N–H and O–H groups in total. The zero-order valence-corrected chi connectivity index (χ0v) is 11.6. The van der Waals surface area contributed by atoms with E-state index in [0.717, 1.165) is 18.9 Å². The molecule has 5 heteroatoms. The summed E-state index contributed by atoms with van der Waals surface area (Å²) in [5.41, 5.74) is -0.149. The van der Waals surface area contributed by atoms with Crippen LogP contribution in [-0.4, -0.2) is 28.7 Å². The van der Waals surface area contributed by atoms with E-state index >= 15 is 0 Å². The van der Waals surface area contributed by atoms with E-state index in [1.165, 1.54) is 17.9 Å². The topological polar surface area (TPSA) is 20.3 Å². The fourth-order valence-electron chi connectivity index (χ4n) is 2.12. The van der Waals surface area contributed by atoms with Gasteiger partial charge in [-0.25, -0.2) is 8.78 Å². The molecule has 0 saturated carbocycles. The van der Waals surface area contributed by atoms with Crippen molar-refractivity contribution >= 4 is 21.8 Å². The van der Waals surface area contributed by atoms with Crippen LogP contribution in [0.1, 0.15) is 28.8 Å². The monoisotopic (exact) mass is 317 g/mol. The van der Waals surface area contributed by atoms with Gasteiger partial charge in [0.15, 0.2) is 0 Å². The summed E-state index contributed by atoms with van der Waals surface area (Å²) in [7, 11) is 0. The van der Waals surface area contributed by atoms with Gasteiger partial charge >= 0.3 is 0 Å². The molecule has 0 bridgehead atoms. The van der Waals surface area contributed by atoms with Crippen LogP contribution in [0.2, 0.25) is 0 Å². The largest absolute Gasteiger partial charge is 0.337 e. The predicted molar refractivity (Wildman–Crippen MR) is 68.9 cm³/mol. The minimum atomic E-state index is -0.792. The summed E-state index contributed by atoms with van der Waals surface area (Å²) in [5, 5.41) is 0. The lowest BCUT2D eigenvalue weighted by atomic mass is 10.1. The van der Waals surface area contributed by atoms with Gasteiger partial charge in [0.2, 0.25) is 0 Å². The molecule has 1 heterocycles. The molecule has 2 nitrogen and oxygen atoms in total. The fraction of sp³-hybridized carbons (Fsp3) is 0.462. The Kier molecular flexibility index (Phi) is 4.00. The van der Waals surface area contributed by atoms with Gasteiger partial charge in [0.25, 0.3) is 5.91 Å². The van der Waals surface area contributed by atoms with Crippen LogP contribution >= 0.6 is 15.9 Å². The van der Waals surface area contributed by atoms with Gasteiger partial charge in [-0.3, -0.25) is 4.79 Å². The predicted octanol–water partition coefficient (Wildman–Crippen LogP) is 3.27. The van der Waals surface area contributed by atoms with Crippen molar-refractivity contribution in [1.29, 1.82) is 0 Å². The van der Waals surface area contributed by atoms with Crippen molar-refractivity contribution in [1.82, 2.24) is 4.90 Å². The lowest BCUT2D eigenvalue weighted by molar-refractivity contribution is 0.0720. The number of aryl methyl sites for hydroxylation is 1. The van der Waals surface area contributed by atoms with E-state index < -0.39 is 23.1 Å². The molecular weight excluding hydrogens is 304 g/mol. The molecule has 0 spiro atoms. The highest BCUT2D eigenvalue weighted by atomic mass is 79.9. The molecule has 1 amide bonds. The summed E-state index contributed by atoms with van der Waals surface area (Å²) in [5.74, 6) is -2.10. The number of carbonyl (C=O) groups excluding carboxylic acids is 1. The maximum atomic E-state index is 13.9. The van der Waals surface area contributed by atoms with Crippen LogP contribution < -0.4 is 0 Å². The molecule has 2 rings (SSSR count). The zero-order chi connectivity index (χ0) is 13.3. The Morgan fingerprint density at radius 2 is 2.17 bits per heavy atom. The summed E-state index contributed by atoms with van der Waals surface area (Å²) in [4.78, 5) is 13.9. The van der Waals surface area contributed by atoms with Gasteiger partial charge in [-0.05, 0) is 31.4 Å². The van der Waals surface area contributed by atoms with Crippen LogP contribution in [0.3, 0.4) is 0 Å². The molecule has 1 aliphatic heterocycles. The number of rotatable bonds is 1. The Morgan fingerprint density at radius 3 is 2.83 bits per heavy atom. The van der Waals surface area contributed by atoms with E-state index in [9.17, 15) is 13.6 Å². The lowest BCUT2D eigenvalue weighted by Gasteiger charge is -2.30. The number of likely N-dealkylation sites (tertiary alicyclic amines) is 1. The first-order valence-corrected chi connectivity index (χ1v) is 6.80. The zero-order valence-electron chi connectivity index (χ0n) is 10.0. The van der Waals surface area contributed by atoms with E-state index in [-0.39, 0.29) is 10.4 Å². The van der Waals surface area contributed by atoms with Gasteiger partial charge in [-0.15, -0.1) is 0 Å². The van der Waals surface area contributed by atoms with Crippen molar-refractivity contribution in [2.75, 3.05) is 13.1 Å². The number of nitrogens with zero attached hydrogens (tertiary/aromatic N) is 1. The van der Waals surface area contributed by atoms with Crippen LogP contribution in [0.4, 0.5) is 8.78 Å². The number of carbonyl (C=O) groups is 1. The van der Waals surface area contributed by atoms with Crippen LogP contribution in [0.5, 0.6) is 0 Å². The average molecular weight is 318 g/mol. The van der Waals surface area contributed by atoms with E-state index in [4.69, 9.17) is 0 Å². The third-order valence-electron chi connectivity index (χ3n) is 3.15. The maximum Gasteiger partial charge on any atom is 0.259 e. The van der Waals surface area contributed by atoms with Crippen molar-refractivity contribution in [3.63, 3.8) is 0 Å². The molecule has 1 saturated heterocycles. The summed E-state index contributed by atoms with van der Waals surface area (Å²) in [6, 6.07) is 2.48. The molecule has 0 aliphatic carbocycles. The quantitative estimate of drug-likeness (QED) is 0.728. The Balaban J connectivity index is 2.31. The Bertz CT molecular complexity index is 478. The number of hydrogen-bond acceptors (Lipinski definition) is 1. The minimum Gasteiger partial charge on any atom is -0.337 e. The normalized spacial score (nSPS) is 20.0. The molecule has 1 aliphatic rings. The molecule has 1 aromatic carbocycles. The molecule has 1 atom stereocenters. The molecule has 0 radical (unpaired) electrons. The number of amides is 1. The first-order chi connectivity index (χ1) is 8.50. The van der Waals surface area contributed by atoms with E-state index in [0.29, 0.717) is 13.1 Å². The van der Waals surface area contributed by atoms with Gasteiger partial charge in [0, 0.05) is 17.9 Å². The van der Waals surface area contributed by atoms with Crippen molar-refractivity contribution in [2.45, 2.75) is 24.6 Å². The van der Waals surface area contributed by atoms with Gasteiger partial charge in [-0.1, -0.05) is 22.0 Å². The number of piperidine rings is 1. The molecule has 98 valence electrons. The number of benzene rings is 1. The van der Waals surface area contributed by atoms with Crippen molar-refractivity contribution in [3.05, 3.63) is 34.9 Å². The van der Waals surface area contributed by atoms with Crippen LogP contribution in [0.15, 0.2) is 12.1 Å². The number of alkyl halides is 1. The molecular formula is C13H14BrF2NO. The molecule has 1 fully saturated rings. The second-order valence-electron chi connectivity index (χ2n) is 4.54. The van der Waals surface area contributed by atoms with Crippen molar-refractivity contribution < 1.29 is 13.6 Å². The summed E-state index contributed by atoms with van der Waals surface area (Å²) in [6.07, 6.45) is 1.82. The van der Waals surface area contributed by atoms with Gasteiger partial charge in [-0.2, -0.15) is 0 Å². The van der Waals surface area contributed by atoms with Crippen LogP contribution in [-0.2, 0) is 0 Å². The fourth-order valence-corrected chi connectivity index (χ4v) is 2.79. The first-order valence-electron chi connectivity index (χ1n) is 5.88. The number of halogens is 3. The van der Waals surface area contributed by atoms with Gasteiger partial charge < -0.3 is 4.90 Å². The standard InChI is InChI=1S/C13H14BrF2NO/c1-8-4-5-10(15)11(12(8)16)13(18)17-6-2-3-9(14)7-17/h4-5,9H,2-3,6-7H2,1H3. The van der Waals surface area contributed by atoms with Crippen LogP contribution in [0, 0.1) is 18.6 Å². The molecule has 18 heavy (non-hydrogen) atoms. The van der Waals surface area contributed by atoms with Gasteiger partial charge in [0.1, 0.15) is 17.2 Å². The lowest BCUT2D eigenvalue weighted by Crippen LogP contribution is -2.41. The van der Waals surface area contributed by atoms with E-state index in [2.05, 4.69) is 15.9 Å². The van der Waals surface area contributed by atoms with E-state index in [1.807, 2.05) is 0 Å². The Labute approximate surface area is 113 Å². The Morgan fingerprint density at radius 1 is 1.44 bits per heavy atom. The van der Waals surface area contributed by atoms with Crippen molar-refractivity contribution in [3.8, 4) is 0 Å². The number of hydrogen-bond donors (Lipinski definition) is 0. The van der Waals surface area contributed by atoms with Crippen LogP contribution in [0.25, 0.3) is 0 Å². The van der Waals surface area contributed by atoms with E-state index in [1.54, 1.807) is 0 Å². The molecule has 0 aromatic heterocycles. The second-order valence-corrected chi connectivity index (χ2v) is 5.84. The SMILES string of the molecule is Cc1ccc(F)c(C(=O)N2CCCC(Br)C2)c1F. The summed E-state index contributed by atoms with van der Waals surface area (Å²) < 4.78 is 27.5. The van der Waals surface area contributed by atoms with Gasteiger partial charge in [0.05, 0.1) is 0 Å². The van der Waals surface area contributed by atoms with Crippen molar-refractivity contribution in [2.24, 2.45) is 0 Å². The smallest absolute Gasteiger partial charge is 0.259 e. The highest BCUT2D eigenvalue weighted by Crippen LogP contribution is 2.22.